The number of Topliss-reactive ketones (excluding diaryl/α,β-unsaturated/α-hetero) is 1. The van der Waals surface area contributed by atoms with Crippen LogP contribution in [0.2, 0.25) is 0 Å². The molecule has 3 aromatic rings. The smallest absolute Gasteiger partial charge is 0.162 e. The van der Waals surface area contributed by atoms with Crippen molar-refractivity contribution in [2.45, 2.75) is 38.1 Å². The minimum Gasteiger partial charge on any atom is -0.493 e. The monoisotopic (exact) mass is 430 g/mol. The number of hydrogen-bond donors (Lipinski definition) is 2. The van der Waals surface area contributed by atoms with Gasteiger partial charge in [0.05, 0.1) is 20.3 Å². The molecule has 1 aliphatic carbocycles. The van der Waals surface area contributed by atoms with Crippen molar-refractivity contribution in [3.05, 3.63) is 65.4 Å². The molecular weight excluding hydrogens is 400 g/mol. The third-order valence-electron chi connectivity index (χ3n) is 6.95. The van der Waals surface area contributed by atoms with Crippen molar-refractivity contribution >= 4 is 22.3 Å². The second-order valence-electron chi connectivity index (χ2n) is 8.87. The fourth-order valence-electron chi connectivity index (χ4n) is 5.23. The Labute approximate surface area is 188 Å². The summed E-state index contributed by atoms with van der Waals surface area (Å²) in [4.78, 5) is 16.8. The van der Waals surface area contributed by atoms with Crippen LogP contribution in [0.1, 0.15) is 36.1 Å². The van der Waals surface area contributed by atoms with Gasteiger partial charge in [-0.1, -0.05) is 36.4 Å². The molecule has 2 aliphatic rings. The summed E-state index contributed by atoms with van der Waals surface area (Å²) in [6.45, 7) is 0.750. The third kappa shape index (κ3) is 3.93. The zero-order chi connectivity index (χ0) is 22.1. The molecule has 32 heavy (non-hydrogen) atoms. The van der Waals surface area contributed by atoms with Gasteiger partial charge in [0.15, 0.2) is 11.5 Å². The maximum absolute atomic E-state index is 13.2. The number of H-pyrrole nitrogens is 1. The van der Waals surface area contributed by atoms with Crippen LogP contribution in [-0.2, 0) is 17.6 Å². The number of methoxy groups -OCH3 is 2. The molecule has 0 bridgehead atoms. The quantitative estimate of drug-likeness (QED) is 0.595. The van der Waals surface area contributed by atoms with Crippen molar-refractivity contribution in [3.8, 4) is 11.5 Å². The van der Waals surface area contributed by atoms with Gasteiger partial charge >= 0.3 is 0 Å². The minimum atomic E-state index is -0.0936. The highest BCUT2D eigenvalue weighted by Gasteiger charge is 2.29. The minimum absolute atomic E-state index is 0.0936. The number of aryl methyl sites for hydroxylation is 1. The maximum atomic E-state index is 13.2. The van der Waals surface area contributed by atoms with Crippen molar-refractivity contribution in [1.82, 2.24) is 10.3 Å². The highest BCUT2D eigenvalue weighted by Crippen LogP contribution is 2.39. The molecule has 0 saturated heterocycles. The number of ether oxygens (including phenoxy) is 2. The molecule has 0 amide bonds. The Morgan fingerprint density at radius 2 is 1.84 bits per heavy atom. The summed E-state index contributed by atoms with van der Waals surface area (Å²) in [5.74, 6) is 2.18. The lowest BCUT2D eigenvalue weighted by Crippen LogP contribution is -2.40. The molecule has 5 nitrogen and oxygen atoms in total. The van der Waals surface area contributed by atoms with Crippen molar-refractivity contribution in [2.24, 2.45) is 5.92 Å². The number of nitrogens with one attached hydrogen (secondary N) is 2. The van der Waals surface area contributed by atoms with Crippen LogP contribution in [0, 0.1) is 5.92 Å². The van der Waals surface area contributed by atoms with Gasteiger partial charge in [0, 0.05) is 35.6 Å². The molecule has 0 spiro atoms. The highest BCUT2D eigenvalue weighted by molar-refractivity contribution is 5.89. The number of aromatic amines is 1. The van der Waals surface area contributed by atoms with Gasteiger partial charge in [0.1, 0.15) is 5.78 Å². The van der Waals surface area contributed by atoms with E-state index in [1.54, 1.807) is 14.2 Å². The molecule has 0 fully saturated rings. The fourth-order valence-corrected chi connectivity index (χ4v) is 5.23. The molecule has 1 aromatic heterocycles. The summed E-state index contributed by atoms with van der Waals surface area (Å²) in [6.07, 6.45) is 6.53. The van der Waals surface area contributed by atoms with Crippen molar-refractivity contribution in [3.63, 3.8) is 0 Å². The van der Waals surface area contributed by atoms with Crippen LogP contribution >= 0.6 is 0 Å². The number of ketones is 1. The van der Waals surface area contributed by atoms with Gasteiger partial charge in [-0.05, 0) is 54.4 Å². The van der Waals surface area contributed by atoms with Gasteiger partial charge < -0.3 is 19.8 Å². The number of hydrogen-bond acceptors (Lipinski definition) is 4. The SMILES string of the molecule is COc1cc2[nH]c3c(c2cc1OC)CC(CC(=O)C1CC(c2ccccc2)=CCN1)CC3. The molecule has 1 aliphatic heterocycles. The van der Waals surface area contributed by atoms with Crippen LogP contribution < -0.4 is 14.8 Å². The van der Waals surface area contributed by atoms with Gasteiger partial charge in [-0.15, -0.1) is 0 Å². The van der Waals surface area contributed by atoms with E-state index in [1.165, 1.54) is 27.8 Å². The Hall–Kier alpha value is -3.05. The van der Waals surface area contributed by atoms with E-state index in [-0.39, 0.29) is 6.04 Å². The molecule has 2 unspecified atom stereocenters. The summed E-state index contributed by atoms with van der Waals surface area (Å²) >= 11 is 0. The predicted octanol–water partition coefficient (Wildman–Crippen LogP) is 4.69. The summed E-state index contributed by atoms with van der Waals surface area (Å²) < 4.78 is 11.0. The Kier molecular flexibility index (Phi) is 5.75. The first-order valence-corrected chi connectivity index (χ1v) is 11.4. The Morgan fingerprint density at radius 1 is 1.06 bits per heavy atom. The number of benzene rings is 2. The molecule has 0 saturated carbocycles. The van der Waals surface area contributed by atoms with E-state index >= 15 is 0 Å². The zero-order valence-electron chi connectivity index (χ0n) is 18.7. The first kappa shape index (κ1) is 20.8. The highest BCUT2D eigenvalue weighted by atomic mass is 16.5. The van der Waals surface area contributed by atoms with E-state index in [0.717, 1.165) is 49.2 Å². The summed E-state index contributed by atoms with van der Waals surface area (Å²) in [7, 11) is 3.32. The molecule has 2 N–H and O–H groups in total. The first-order valence-electron chi connectivity index (χ1n) is 11.4. The lowest BCUT2D eigenvalue weighted by atomic mass is 9.81. The zero-order valence-corrected chi connectivity index (χ0v) is 18.7. The topological polar surface area (TPSA) is 63.4 Å². The molecule has 2 aromatic carbocycles. The second kappa shape index (κ2) is 8.83. The van der Waals surface area contributed by atoms with Crippen LogP contribution in [-0.4, -0.2) is 37.6 Å². The third-order valence-corrected chi connectivity index (χ3v) is 6.95. The summed E-state index contributed by atoms with van der Waals surface area (Å²) in [5, 5.41) is 4.60. The van der Waals surface area contributed by atoms with E-state index in [2.05, 4.69) is 46.7 Å². The molecular formula is C27H30N2O3. The molecule has 166 valence electrons. The van der Waals surface area contributed by atoms with E-state index < -0.39 is 0 Å². The van der Waals surface area contributed by atoms with Crippen molar-refractivity contribution in [2.75, 3.05) is 20.8 Å². The van der Waals surface area contributed by atoms with Gasteiger partial charge in [-0.2, -0.15) is 0 Å². The number of carbonyl (C=O) groups is 1. The average molecular weight is 431 g/mol. The number of aromatic nitrogens is 1. The van der Waals surface area contributed by atoms with Crippen LogP contribution in [0.25, 0.3) is 16.5 Å². The standard InChI is InChI=1S/C27H30N2O3/c1-31-26-15-21-20-12-17(8-9-22(20)29-23(21)16-27(26)32-2)13-25(30)24-14-19(10-11-28-24)18-6-4-3-5-7-18/h3-7,10,15-17,24,28-29H,8-9,11-14H2,1-2H3. The van der Waals surface area contributed by atoms with Crippen molar-refractivity contribution < 1.29 is 14.3 Å². The first-order chi connectivity index (χ1) is 15.7. The van der Waals surface area contributed by atoms with Gasteiger partial charge in [0.25, 0.3) is 0 Å². The van der Waals surface area contributed by atoms with Crippen LogP contribution in [0.3, 0.4) is 0 Å². The van der Waals surface area contributed by atoms with Gasteiger partial charge in [-0.3, -0.25) is 4.79 Å². The Bertz CT molecular complexity index is 1160. The van der Waals surface area contributed by atoms with E-state index in [4.69, 9.17) is 9.47 Å². The molecule has 2 atom stereocenters. The maximum Gasteiger partial charge on any atom is 0.162 e. The van der Waals surface area contributed by atoms with E-state index in [9.17, 15) is 4.79 Å². The van der Waals surface area contributed by atoms with Crippen molar-refractivity contribution in [1.29, 1.82) is 0 Å². The summed E-state index contributed by atoms with van der Waals surface area (Å²) in [5.41, 5.74) is 6.17. The summed E-state index contributed by atoms with van der Waals surface area (Å²) in [6, 6.07) is 14.4. The van der Waals surface area contributed by atoms with E-state index in [0.29, 0.717) is 18.1 Å². The number of carbonyl (C=O) groups excluding carboxylic acids is 1. The molecule has 0 radical (unpaired) electrons. The lowest BCUT2D eigenvalue weighted by molar-refractivity contribution is -0.122. The average Bonchev–Trinajstić information content (AvgIpc) is 3.20. The molecule has 5 heteroatoms. The van der Waals surface area contributed by atoms with Gasteiger partial charge in [0.2, 0.25) is 0 Å². The van der Waals surface area contributed by atoms with E-state index in [1.807, 2.05) is 12.1 Å². The van der Waals surface area contributed by atoms with Gasteiger partial charge in [-0.25, -0.2) is 0 Å². The molecule has 2 heterocycles. The normalized spacial score (nSPS) is 20.5. The molecule has 5 rings (SSSR count). The van der Waals surface area contributed by atoms with Crippen LogP contribution in [0.4, 0.5) is 0 Å². The fraction of sp³-hybridized carbons (Fsp3) is 0.370. The second-order valence-corrected chi connectivity index (χ2v) is 8.87. The Balaban J connectivity index is 1.30. The largest absolute Gasteiger partial charge is 0.493 e. The lowest BCUT2D eigenvalue weighted by Gasteiger charge is -2.27. The van der Waals surface area contributed by atoms with Crippen LogP contribution in [0.5, 0.6) is 11.5 Å². The number of fused-ring (bicyclic) bond motifs is 3. The Morgan fingerprint density at radius 3 is 2.62 bits per heavy atom. The number of rotatable bonds is 6. The predicted molar refractivity (Wildman–Crippen MR) is 127 cm³/mol. The van der Waals surface area contributed by atoms with Crippen LogP contribution in [0.15, 0.2) is 48.5 Å².